The second kappa shape index (κ2) is 7.35. The molecule has 0 bridgehead atoms. The molecule has 1 unspecified atom stereocenters. The Hall–Kier alpha value is -2.58. The van der Waals surface area contributed by atoms with Crippen LogP contribution in [0.2, 0.25) is 0 Å². The number of benzene rings is 2. The normalized spacial score (nSPS) is 16.3. The standard InChI is InChI=1S/C18H20N2O5S/c1-19-26(22,23)17-11-12(7-8-16(17)24-2)18(21)20-14-9-10-25-15-6-4-3-5-13(14)15/h3-8,11,14,19H,9-10H2,1-2H3,(H,20,21). The molecule has 0 aliphatic carbocycles. The molecule has 0 fully saturated rings. The van der Waals surface area contributed by atoms with E-state index in [1.807, 2.05) is 24.3 Å². The largest absolute Gasteiger partial charge is 0.495 e. The molecule has 1 amide bonds. The molecule has 8 heteroatoms. The average molecular weight is 376 g/mol. The van der Waals surface area contributed by atoms with Gasteiger partial charge in [-0.05, 0) is 31.3 Å². The van der Waals surface area contributed by atoms with Gasteiger partial charge in [-0.25, -0.2) is 13.1 Å². The number of rotatable bonds is 5. The first kappa shape index (κ1) is 18.2. The number of hydrogen-bond donors (Lipinski definition) is 2. The van der Waals surface area contributed by atoms with Gasteiger partial charge in [0, 0.05) is 17.5 Å². The number of methoxy groups -OCH3 is 1. The van der Waals surface area contributed by atoms with Gasteiger partial charge in [-0.3, -0.25) is 4.79 Å². The van der Waals surface area contributed by atoms with Crippen LogP contribution in [0.3, 0.4) is 0 Å². The lowest BCUT2D eigenvalue weighted by Crippen LogP contribution is -2.32. The van der Waals surface area contributed by atoms with Crippen molar-refractivity contribution in [2.24, 2.45) is 0 Å². The molecule has 0 radical (unpaired) electrons. The number of carbonyl (C=O) groups excluding carboxylic acids is 1. The lowest BCUT2D eigenvalue weighted by molar-refractivity contribution is 0.0924. The highest BCUT2D eigenvalue weighted by molar-refractivity contribution is 7.89. The van der Waals surface area contributed by atoms with E-state index >= 15 is 0 Å². The quantitative estimate of drug-likeness (QED) is 0.831. The van der Waals surface area contributed by atoms with Crippen LogP contribution in [-0.4, -0.2) is 35.1 Å². The third kappa shape index (κ3) is 3.51. The van der Waals surface area contributed by atoms with Crippen LogP contribution in [0.15, 0.2) is 47.4 Å². The number of hydrogen-bond acceptors (Lipinski definition) is 5. The maximum Gasteiger partial charge on any atom is 0.251 e. The molecule has 2 N–H and O–H groups in total. The zero-order chi connectivity index (χ0) is 18.7. The summed E-state index contributed by atoms with van der Waals surface area (Å²) < 4.78 is 37.3. The van der Waals surface area contributed by atoms with Crippen molar-refractivity contribution >= 4 is 15.9 Å². The van der Waals surface area contributed by atoms with Gasteiger partial charge in [0.25, 0.3) is 5.91 Å². The molecule has 7 nitrogen and oxygen atoms in total. The van der Waals surface area contributed by atoms with E-state index in [0.717, 1.165) is 11.3 Å². The molecule has 1 aliphatic rings. The van der Waals surface area contributed by atoms with Crippen LogP contribution in [0.25, 0.3) is 0 Å². The van der Waals surface area contributed by atoms with Crippen LogP contribution in [0, 0.1) is 0 Å². The molecule has 0 saturated carbocycles. The van der Waals surface area contributed by atoms with Gasteiger partial charge < -0.3 is 14.8 Å². The van der Waals surface area contributed by atoms with Crippen molar-refractivity contribution in [2.45, 2.75) is 17.4 Å². The van der Waals surface area contributed by atoms with E-state index in [0.29, 0.717) is 13.0 Å². The highest BCUT2D eigenvalue weighted by Gasteiger charge is 2.25. The second-order valence-electron chi connectivity index (χ2n) is 5.77. The summed E-state index contributed by atoms with van der Waals surface area (Å²) in [6.45, 7) is 0.504. The third-order valence-electron chi connectivity index (χ3n) is 4.25. The molecule has 138 valence electrons. The van der Waals surface area contributed by atoms with E-state index in [-0.39, 0.29) is 28.2 Å². The number of para-hydroxylation sites is 1. The van der Waals surface area contributed by atoms with Crippen LogP contribution in [0.4, 0.5) is 0 Å². The number of nitrogens with one attached hydrogen (secondary N) is 2. The zero-order valence-corrected chi connectivity index (χ0v) is 15.3. The van der Waals surface area contributed by atoms with E-state index in [2.05, 4.69) is 10.0 Å². The number of ether oxygens (including phenoxy) is 2. The maximum absolute atomic E-state index is 12.7. The minimum atomic E-state index is -3.75. The Labute approximate surface area is 152 Å². The summed E-state index contributed by atoms with van der Waals surface area (Å²) in [6.07, 6.45) is 0.639. The Bertz CT molecular complexity index is 927. The lowest BCUT2D eigenvalue weighted by Gasteiger charge is -2.26. The molecule has 0 aromatic heterocycles. The van der Waals surface area contributed by atoms with Gasteiger partial charge in [-0.1, -0.05) is 18.2 Å². The van der Waals surface area contributed by atoms with Crippen molar-refractivity contribution in [3.8, 4) is 11.5 Å². The third-order valence-corrected chi connectivity index (χ3v) is 5.68. The number of amides is 1. The Kier molecular flexibility index (Phi) is 5.15. The van der Waals surface area contributed by atoms with Gasteiger partial charge in [-0.2, -0.15) is 0 Å². The zero-order valence-electron chi connectivity index (χ0n) is 14.5. The average Bonchev–Trinajstić information content (AvgIpc) is 2.67. The molecule has 26 heavy (non-hydrogen) atoms. The van der Waals surface area contributed by atoms with Crippen molar-refractivity contribution in [2.75, 3.05) is 20.8 Å². The van der Waals surface area contributed by atoms with Crippen molar-refractivity contribution in [1.82, 2.24) is 10.0 Å². The topological polar surface area (TPSA) is 93.7 Å². The summed E-state index contributed by atoms with van der Waals surface area (Å²) >= 11 is 0. The summed E-state index contributed by atoms with van der Waals surface area (Å²) in [7, 11) is -1.07. The first-order chi connectivity index (χ1) is 12.5. The molecular weight excluding hydrogens is 356 g/mol. The summed E-state index contributed by atoms with van der Waals surface area (Å²) in [5.74, 6) is 0.562. The minimum Gasteiger partial charge on any atom is -0.495 e. The molecule has 1 heterocycles. The van der Waals surface area contributed by atoms with Gasteiger partial charge >= 0.3 is 0 Å². The van der Waals surface area contributed by atoms with Crippen molar-refractivity contribution < 1.29 is 22.7 Å². The first-order valence-electron chi connectivity index (χ1n) is 8.10. The fourth-order valence-corrected chi connectivity index (χ4v) is 3.79. The highest BCUT2D eigenvalue weighted by atomic mass is 32.2. The lowest BCUT2D eigenvalue weighted by atomic mass is 10.00. The second-order valence-corrected chi connectivity index (χ2v) is 7.63. The fourth-order valence-electron chi connectivity index (χ4n) is 2.87. The Morgan fingerprint density at radius 3 is 2.73 bits per heavy atom. The summed E-state index contributed by atoms with van der Waals surface area (Å²) in [4.78, 5) is 12.6. The molecule has 2 aromatic carbocycles. The monoisotopic (exact) mass is 376 g/mol. The molecule has 2 aromatic rings. The van der Waals surface area contributed by atoms with Crippen LogP contribution >= 0.6 is 0 Å². The van der Waals surface area contributed by atoms with Crippen LogP contribution < -0.4 is 19.5 Å². The SMILES string of the molecule is CNS(=O)(=O)c1cc(C(=O)NC2CCOc3ccccc32)ccc1OC. The van der Waals surface area contributed by atoms with E-state index in [1.54, 1.807) is 0 Å². The minimum absolute atomic E-state index is 0.0810. The predicted octanol–water partition coefficient (Wildman–Crippen LogP) is 1.86. The number of sulfonamides is 1. The molecule has 0 spiro atoms. The molecule has 0 saturated heterocycles. The van der Waals surface area contributed by atoms with Gasteiger partial charge in [0.05, 0.1) is 19.8 Å². The first-order valence-corrected chi connectivity index (χ1v) is 9.59. The van der Waals surface area contributed by atoms with E-state index in [1.165, 1.54) is 32.4 Å². The summed E-state index contributed by atoms with van der Waals surface area (Å²) in [6, 6.07) is 11.7. The van der Waals surface area contributed by atoms with Gasteiger partial charge in [0.2, 0.25) is 10.0 Å². The van der Waals surface area contributed by atoms with Crippen molar-refractivity contribution in [3.63, 3.8) is 0 Å². The van der Waals surface area contributed by atoms with Gasteiger partial charge in [0.1, 0.15) is 16.4 Å². The van der Waals surface area contributed by atoms with Crippen LogP contribution in [0.5, 0.6) is 11.5 Å². The van der Waals surface area contributed by atoms with Gasteiger partial charge in [-0.15, -0.1) is 0 Å². The predicted molar refractivity (Wildman–Crippen MR) is 96.0 cm³/mol. The van der Waals surface area contributed by atoms with E-state index in [9.17, 15) is 13.2 Å². The Balaban J connectivity index is 1.89. The summed E-state index contributed by atoms with van der Waals surface area (Å²) in [5, 5.41) is 2.95. The highest BCUT2D eigenvalue weighted by Crippen LogP contribution is 2.32. The van der Waals surface area contributed by atoms with Crippen molar-refractivity contribution in [1.29, 1.82) is 0 Å². The molecule has 3 rings (SSSR count). The molecule has 1 aliphatic heterocycles. The summed E-state index contributed by atoms with van der Waals surface area (Å²) in [5.41, 5.74) is 1.15. The Morgan fingerprint density at radius 1 is 1.23 bits per heavy atom. The number of fused-ring (bicyclic) bond motifs is 1. The van der Waals surface area contributed by atoms with Gasteiger partial charge in [0.15, 0.2) is 0 Å². The maximum atomic E-state index is 12.7. The Morgan fingerprint density at radius 2 is 2.00 bits per heavy atom. The van der Waals surface area contributed by atoms with Crippen LogP contribution in [-0.2, 0) is 10.0 Å². The van der Waals surface area contributed by atoms with Crippen molar-refractivity contribution in [3.05, 3.63) is 53.6 Å². The smallest absolute Gasteiger partial charge is 0.251 e. The van der Waals surface area contributed by atoms with E-state index in [4.69, 9.17) is 9.47 Å². The fraction of sp³-hybridized carbons (Fsp3) is 0.278. The molecule has 1 atom stereocenters. The van der Waals surface area contributed by atoms with E-state index < -0.39 is 10.0 Å². The number of carbonyl (C=O) groups is 1. The van der Waals surface area contributed by atoms with Crippen LogP contribution in [0.1, 0.15) is 28.4 Å². The molecular formula is C18H20N2O5S.